The summed E-state index contributed by atoms with van der Waals surface area (Å²) in [4.78, 5) is 23.7. The van der Waals surface area contributed by atoms with Gasteiger partial charge in [-0.15, -0.1) is 0 Å². The van der Waals surface area contributed by atoms with Crippen LogP contribution in [0.15, 0.2) is 41.3 Å². The molecule has 2 aliphatic rings. The van der Waals surface area contributed by atoms with Crippen molar-refractivity contribution in [2.75, 3.05) is 18.0 Å². The number of nitrogens with one attached hydrogen (secondary N) is 1. The number of H-pyrrole nitrogens is 1. The topological polar surface area (TPSA) is 72.5 Å². The quantitative estimate of drug-likeness (QED) is 0.638. The minimum Gasteiger partial charge on any atom is -0.378 e. The summed E-state index contributed by atoms with van der Waals surface area (Å²) in [5.41, 5.74) is 1.10. The number of aromatic nitrogens is 2. The molecule has 8 heteroatoms. The molecule has 1 aromatic carbocycles. The number of benzene rings is 1. The largest absolute Gasteiger partial charge is 0.378 e. The fourth-order valence-electron chi connectivity index (χ4n) is 5.27. The molecule has 3 unspecified atom stereocenters. The third-order valence-corrected chi connectivity index (χ3v) is 6.82. The van der Waals surface area contributed by atoms with Gasteiger partial charge in [-0.3, -0.25) is 9.69 Å². The number of halogens is 2. The van der Waals surface area contributed by atoms with Gasteiger partial charge in [0.05, 0.1) is 11.6 Å². The van der Waals surface area contributed by atoms with E-state index in [-0.39, 0.29) is 23.3 Å². The van der Waals surface area contributed by atoms with Crippen LogP contribution in [0.4, 0.5) is 14.6 Å². The molecule has 3 aromatic rings. The lowest BCUT2D eigenvalue weighted by molar-refractivity contribution is -0.0404. The molecule has 2 N–H and O–H groups in total. The molecule has 168 valence electrons. The van der Waals surface area contributed by atoms with Crippen LogP contribution in [0.25, 0.3) is 10.8 Å². The van der Waals surface area contributed by atoms with Gasteiger partial charge in [-0.05, 0) is 67.8 Å². The molecule has 2 fully saturated rings. The average Bonchev–Trinajstić information content (AvgIpc) is 3.04. The van der Waals surface area contributed by atoms with Crippen LogP contribution in [0, 0.1) is 18.6 Å². The highest BCUT2D eigenvalue weighted by Gasteiger charge is 2.43. The van der Waals surface area contributed by atoms with Gasteiger partial charge in [-0.25, -0.2) is 13.8 Å². The summed E-state index contributed by atoms with van der Waals surface area (Å²) in [7, 11) is 0. The summed E-state index contributed by atoms with van der Waals surface area (Å²) in [6.45, 7) is 3.32. The number of aromatic amines is 1. The number of anilines is 1. The van der Waals surface area contributed by atoms with Gasteiger partial charge in [0.2, 0.25) is 0 Å². The molecule has 0 aliphatic carbocycles. The first-order valence-corrected chi connectivity index (χ1v) is 11.0. The van der Waals surface area contributed by atoms with E-state index in [9.17, 15) is 18.7 Å². The van der Waals surface area contributed by atoms with Crippen molar-refractivity contribution in [2.24, 2.45) is 0 Å². The summed E-state index contributed by atoms with van der Waals surface area (Å²) in [5.74, 6) is -0.118. The highest BCUT2D eigenvalue weighted by atomic mass is 19.1. The minimum absolute atomic E-state index is 0.0814. The molecule has 2 aromatic heterocycles. The van der Waals surface area contributed by atoms with Crippen molar-refractivity contribution in [1.29, 1.82) is 0 Å². The van der Waals surface area contributed by atoms with Crippen molar-refractivity contribution in [3.05, 3.63) is 69.8 Å². The van der Waals surface area contributed by atoms with Crippen LogP contribution in [-0.2, 0) is 6.42 Å². The zero-order chi connectivity index (χ0) is 22.4. The highest BCUT2D eigenvalue weighted by molar-refractivity contribution is 5.85. The molecule has 5 rings (SSSR count). The molecule has 3 atom stereocenters. The van der Waals surface area contributed by atoms with E-state index in [4.69, 9.17) is 0 Å². The van der Waals surface area contributed by atoms with Crippen molar-refractivity contribution in [2.45, 2.75) is 50.9 Å². The second kappa shape index (κ2) is 8.26. The summed E-state index contributed by atoms with van der Waals surface area (Å²) in [5, 5.41) is 11.7. The maximum absolute atomic E-state index is 14.1. The molecular formula is C24H26F2N4O2. The Hall–Kier alpha value is -2.84. The molecule has 4 heterocycles. The van der Waals surface area contributed by atoms with Crippen LogP contribution in [0.5, 0.6) is 0 Å². The number of aliphatic hydroxyl groups excluding tert-OH is 1. The van der Waals surface area contributed by atoms with Crippen LogP contribution < -0.4 is 10.5 Å². The minimum atomic E-state index is -0.636. The Kier molecular flexibility index (Phi) is 5.43. The number of aliphatic hydroxyl groups is 1. The van der Waals surface area contributed by atoms with Gasteiger partial charge in [0.15, 0.2) is 0 Å². The van der Waals surface area contributed by atoms with E-state index in [1.165, 1.54) is 18.3 Å². The molecule has 2 aliphatic heterocycles. The van der Waals surface area contributed by atoms with Gasteiger partial charge in [0, 0.05) is 30.9 Å². The normalized spacial score (nSPS) is 21.9. The summed E-state index contributed by atoms with van der Waals surface area (Å²) >= 11 is 0. The van der Waals surface area contributed by atoms with Crippen molar-refractivity contribution in [3.8, 4) is 0 Å². The zero-order valence-corrected chi connectivity index (χ0v) is 17.9. The lowest BCUT2D eigenvalue weighted by atomic mass is 10.0. The summed E-state index contributed by atoms with van der Waals surface area (Å²) in [6, 6.07) is 8.31. The Bertz CT molecular complexity index is 1180. The SMILES string of the molecule is Cc1ccc(F)c2c(=O)[nH]c(CCC(O)N3C4CCC3CN(c3ccc(F)cn3)C4)cc12. The number of nitrogens with zero attached hydrogens (tertiary/aromatic N) is 3. The van der Waals surface area contributed by atoms with Gasteiger partial charge in [0.1, 0.15) is 23.7 Å². The van der Waals surface area contributed by atoms with Crippen molar-refractivity contribution in [3.63, 3.8) is 0 Å². The molecule has 2 bridgehead atoms. The van der Waals surface area contributed by atoms with Crippen LogP contribution in [0.1, 0.15) is 30.5 Å². The average molecular weight is 440 g/mol. The fourth-order valence-corrected chi connectivity index (χ4v) is 5.27. The number of fused-ring (bicyclic) bond motifs is 3. The Balaban J connectivity index is 1.28. The molecular weight excluding hydrogens is 414 g/mol. The third kappa shape index (κ3) is 3.78. The smallest absolute Gasteiger partial charge is 0.259 e. The first kappa shape index (κ1) is 21.0. The van der Waals surface area contributed by atoms with Gasteiger partial charge in [-0.1, -0.05) is 6.07 Å². The molecule has 32 heavy (non-hydrogen) atoms. The van der Waals surface area contributed by atoms with E-state index in [0.717, 1.165) is 37.3 Å². The molecule has 0 spiro atoms. The fraction of sp³-hybridized carbons (Fsp3) is 0.417. The van der Waals surface area contributed by atoms with E-state index in [1.807, 2.05) is 13.0 Å². The number of hydrogen-bond acceptors (Lipinski definition) is 5. The Morgan fingerprint density at radius 2 is 1.94 bits per heavy atom. The predicted octanol–water partition coefficient (Wildman–Crippen LogP) is 3.11. The predicted molar refractivity (Wildman–Crippen MR) is 119 cm³/mol. The van der Waals surface area contributed by atoms with Gasteiger partial charge < -0.3 is 15.0 Å². The highest BCUT2D eigenvalue weighted by Crippen LogP contribution is 2.34. The van der Waals surface area contributed by atoms with Crippen LogP contribution in [0.3, 0.4) is 0 Å². The second-order valence-corrected chi connectivity index (χ2v) is 8.87. The monoisotopic (exact) mass is 440 g/mol. The van der Waals surface area contributed by atoms with E-state index in [0.29, 0.717) is 23.9 Å². The number of pyridine rings is 2. The van der Waals surface area contributed by atoms with Gasteiger partial charge in [-0.2, -0.15) is 0 Å². The second-order valence-electron chi connectivity index (χ2n) is 8.87. The molecule has 2 saturated heterocycles. The van der Waals surface area contributed by atoms with E-state index in [1.54, 1.807) is 12.1 Å². The maximum atomic E-state index is 14.1. The molecule has 0 amide bonds. The number of hydrogen-bond donors (Lipinski definition) is 2. The standard InChI is InChI=1S/C24H26F2N4O2/c1-14-2-7-20(26)23-19(14)10-16(28-24(23)32)4-9-22(31)30-17-5-6-18(30)13-29(12-17)21-8-3-15(25)11-27-21/h2-3,7-8,10-11,17-18,22,31H,4-6,9,12-13H2,1H3,(H,28,32). The van der Waals surface area contributed by atoms with Crippen LogP contribution in [0.2, 0.25) is 0 Å². The zero-order valence-electron chi connectivity index (χ0n) is 17.9. The molecule has 6 nitrogen and oxygen atoms in total. The van der Waals surface area contributed by atoms with Crippen molar-refractivity contribution in [1.82, 2.24) is 14.9 Å². The van der Waals surface area contributed by atoms with Crippen molar-refractivity contribution >= 4 is 16.6 Å². The Morgan fingerprint density at radius 1 is 1.19 bits per heavy atom. The first-order chi connectivity index (χ1) is 15.4. The first-order valence-electron chi connectivity index (χ1n) is 11.0. The molecule has 0 saturated carbocycles. The van der Waals surface area contributed by atoms with Gasteiger partial charge >= 0.3 is 0 Å². The number of aryl methyl sites for hydroxylation is 2. The number of piperazine rings is 1. The van der Waals surface area contributed by atoms with E-state index < -0.39 is 17.6 Å². The van der Waals surface area contributed by atoms with E-state index >= 15 is 0 Å². The van der Waals surface area contributed by atoms with Crippen LogP contribution in [-0.4, -0.2) is 51.4 Å². The summed E-state index contributed by atoms with van der Waals surface area (Å²) in [6.07, 6.45) is 3.54. The lowest BCUT2D eigenvalue weighted by Crippen LogP contribution is -2.57. The van der Waals surface area contributed by atoms with E-state index in [2.05, 4.69) is 19.8 Å². The maximum Gasteiger partial charge on any atom is 0.259 e. The Morgan fingerprint density at radius 3 is 2.62 bits per heavy atom. The Labute approximate surface area is 184 Å². The van der Waals surface area contributed by atoms with Crippen molar-refractivity contribution < 1.29 is 13.9 Å². The molecule has 0 radical (unpaired) electrons. The third-order valence-electron chi connectivity index (χ3n) is 6.82. The van der Waals surface area contributed by atoms with Gasteiger partial charge in [0.25, 0.3) is 5.56 Å². The summed E-state index contributed by atoms with van der Waals surface area (Å²) < 4.78 is 27.3. The lowest BCUT2D eigenvalue weighted by Gasteiger charge is -2.43. The number of rotatable bonds is 5. The van der Waals surface area contributed by atoms with Crippen LogP contribution >= 0.6 is 0 Å².